The van der Waals surface area contributed by atoms with Gasteiger partial charge < -0.3 is 30.7 Å². The van der Waals surface area contributed by atoms with Crippen molar-refractivity contribution in [2.75, 3.05) is 34.5 Å². The molecule has 14 heteroatoms. The molecule has 0 spiro atoms. The van der Waals surface area contributed by atoms with E-state index in [9.17, 15) is 9.59 Å². The van der Waals surface area contributed by atoms with Gasteiger partial charge in [0.1, 0.15) is 6.67 Å². The van der Waals surface area contributed by atoms with Crippen LogP contribution in [0.25, 0.3) is 0 Å². The van der Waals surface area contributed by atoms with Crippen LogP contribution in [0.15, 0.2) is 73.3 Å². The Morgan fingerprint density at radius 3 is 1.39 bits per heavy atom. The molecule has 0 unspecified atom stereocenters. The molecule has 0 aliphatic heterocycles. The summed E-state index contributed by atoms with van der Waals surface area (Å²) < 4.78 is 13.4. The second-order valence-electron chi connectivity index (χ2n) is 8.43. The number of anilines is 4. The molecule has 0 aliphatic rings. The van der Waals surface area contributed by atoms with E-state index >= 15 is 0 Å². The van der Waals surface area contributed by atoms with Crippen LogP contribution in [0.1, 0.15) is 34.6 Å². The molecular formula is C27H28N8O4S2. The maximum absolute atomic E-state index is 11.8. The van der Waals surface area contributed by atoms with Gasteiger partial charge in [-0.1, -0.05) is 0 Å². The molecule has 12 nitrogen and oxygen atoms in total. The molecule has 4 N–H and O–H groups in total. The van der Waals surface area contributed by atoms with Crippen molar-refractivity contribution in [1.82, 2.24) is 19.6 Å². The third-order valence-corrected chi connectivity index (χ3v) is 5.79. The highest BCUT2D eigenvalue weighted by Crippen LogP contribution is 2.14. The molecule has 0 atom stereocenters. The van der Waals surface area contributed by atoms with Gasteiger partial charge in [0, 0.05) is 11.4 Å². The van der Waals surface area contributed by atoms with Gasteiger partial charge in [0.05, 0.1) is 60.5 Å². The van der Waals surface area contributed by atoms with Crippen LogP contribution >= 0.6 is 24.4 Å². The zero-order valence-corrected chi connectivity index (χ0v) is 23.9. The van der Waals surface area contributed by atoms with Crippen molar-refractivity contribution >= 4 is 69.3 Å². The van der Waals surface area contributed by atoms with Crippen LogP contribution in [-0.4, -0.2) is 54.9 Å². The van der Waals surface area contributed by atoms with Crippen molar-refractivity contribution in [3.8, 4) is 0 Å². The number of hydrogen-bond donors (Lipinski definition) is 4. The first-order valence-electron chi connectivity index (χ1n) is 12.6. The highest BCUT2D eigenvalue weighted by Gasteiger charge is 2.09. The minimum Gasteiger partial charge on any atom is -0.462 e. The molecule has 41 heavy (non-hydrogen) atoms. The van der Waals surface area contributed by atoms with Gasteiger partial charge in [-0.25, -0.2) is 19.0 Å². The first kappa shape index (κ1) is 29.2. The minimum atomic E-state index is -0.370. The topological polar surface area (TPSA) is 136 Å². The van der Waals surface area contributed by atoms with Gasteiger partial charge in [-0.05, 0) is 86.8 Å². The first-order chi connectivity index (χ1) is 19.8. The van der Waals surface area contributed by atoms with E-state index in [0.29, 0.717) is 52.6 Å². The van der Waals surface area contributed by atoms with Gasteiger partial charge in [0.2, 0.25) is 0 Å². The van der Waals surface area contributed by atoms with Crippen molar-refractivity contribution in [3.63, 3.8) is 0 Å². The average Bonchev–Trinajstić information content (AvgIpc) is 3.58. The Kier molecular flexibility index (Phi) is 9.96. The van der Waals surface area contributed by atoms with Gasteiger partial charge in [0.25, 0.3) is 0 Å². The second-order valence-corrected chi connectivity index (χ2v) is 9.25. The smallest absolute Gasteiger partial charge is 0.338 e. The van der Waals surface area contributed by atoms with Crippen LogP contribution in [0.3, 0.4) is 0 Å². The van der Waals surface area contributed by atoms with E-state index in [2.05, 4.69) is 31.5 Å². The maximum Gasteiger partial charge on any atom is 0.338 e. The van der Waals surface area contributed by atoms with E-state index < -0.39 is 0 Å². The summed E-state index contributed by atoms with van der Waals surface area (Å²) in [4.78, 5) is 23.6. The van der Waals surface area contributed by atoms with Gasteiger partial charge in [-0.2, -0.15) is 10.2 Å². The number of carbonyl (C=O) groups is 2. The Hall–Kier alpha value is -4.82. The summed E-state index contributed by atoms with van der Waals surface area (Å²) >= 11 is 10.8. The number of nitrogens with one attached hydrogen (secondary N) is 4. The molecular weight excluding hydrogens is 564 g/mol. The third-order valence-electron chi connectivity index (χ3n) is 5.38. The zero-order valence-electron chi connectivity index (χ0n) is 22.3. The van der Waals surface area contributed by atoms with E-state index in [0.717, 1.165) is 11.4 Å². The van der Waals surface area contributed by atoms with E-state index in [-0.39, 0.29) is 11.9 Å². The summed E-state index contributed by atoms with van der Waals surface area (Å²) in [5.74, 6) is -0.739. The van der Waals surface area contributed by atoms with Crippen LogP contribution in [0.4, 0.5) is 22.7 Å². The van der Waals surface area contributed by atoms with E-state index in [1.165, 1.54) is 0 Å². The number of rotatable bonds is 10. The fraction of sp³-hybridized carbons (Fsp3) is 0.185. The summed E-state index contributed by atoms with van der Waals surface area (Å²) in [5.41, 5.74) is 3.76. The summed E-state index contributed by atoms with van der Waals surface area (Å²) in [6.45, 7) is 4.52. The lowest BCUT2D eigenvalue weighted by atomic mass is 10.2. The van der Waals surface area contributed by atoms with Crippen LogP contribution in [0.5, 0.6) is 0 Å². The predicted octanol–water partition coefficient (Wildman–Crippen LogP) is 4.56. The third kappa shape index (κ3) is 8.58. The zero-order chi connectivity index (χ0) is 29.2. The number of esters is 2. The number of aromatic nitrogens is 4. The molecule has 4 aromatic rings. The van der Waals surface area contributed by atoms with Crippen molar-refractivity contribution in [2.24, 2.45) is 0 Å². The van der Waals surface area contributed by atoms with Gasteiger partial charge >= 0.3 is 11.9 Å². The van der Waals surface area contributed by atoms with Gasteiger partial charge in [0.15, 0.2) is 10.2 Å². The average molecular weight is 593 g/mol. The molecule has 0 fully saturated rings. The van der Waals surface area contributed by atoms with Gasteiger partial charge in [-0.3, -0.25) is 0 Å². The Morgan fingerprint density at radius 1 is 0.659 bits per heavy atom. The number of hydrogen-bond acceptors (Lipinski definition) is 8. The van der Waals surface area contributed by atoms with Crippen molar-refractivity contribution in [1.29, 1.82) is 0 Å². The quantitative estimate of drug-likeness (QED) is 0.152. The summed E-state index contributed by atoms with van der Waals surface area (Å²) in [5, 5.41) is 21.7. The number of nitrogens with zero attached hydrogens (tertiary/aromatic N) is 4. The number of benzene rings is 2. The Balaban J connectivity index is 1.24. The molecule has 0 amide bonds. The molecule has 2 heterocycles. The Morgan fingerprint density at radius 2 is 1.02 bits per heavy atom. The normalized spacial score (nSPS) is 10.4. The van der Waals surface area contributed by atoms with Crippen molar-refractivity contribution in [3.05, 3.63) is 84.4 Å². The molecule has 0 saturated carbocycles. The Bertz CT molecular complexity index is 1400. The molecule has 0 saturated heterocycles. The lowest BCUT2D eigenvalue weighted by molar-refractivity contribution is 0.0517. The number of carbonyl (C=O) groups excluding carboxylic acids is 2. The predicted molar refractivity (Wildman–Crippen MR) is 164 cm³/mol. The number of ether oxygens (including phenoxy) is 2. The fourth-order valence-electron chi connectivity index (χ4n) is 3.55. The van der Waals surface area contributed by atoms with Crippen molar-refractivity contribution in [2.45, 2.75) is 20.5 Å². The highest BCUT2D eigenvalue weighted by molar-refractivity contribution is 7.81. The van der Waals surface area contributed by atoms with Crippen LogP contribution in [0, 0.1) is 0 Å². The largest absolute Gasteiger partial charge is 0.462 e. The molecule has 4 rings (SSSR count). The molecule has 0 radical (unpaired) electrons. The second kappa shape index (κ2) is 14.0. The number of thiocarbonyl (C=S) groups is 2. The fourth-order valence-corrected chi connectivity index (χ4v) is 4.03. The molecule has 0 bridgehead atoms. The Labute approximate surface area is 247 Å². The van der Waals surface area contributed by atoms with Gasteiger partial charge in [-0.15, -0.1) is 0 Å². The maximum atomic E-state index is 11.8. The summed E-state index contributed by atoms with van der Waals surface area (Å²) in [7, 11) is 0. The first-order valence-corrected chi connectivity index (χ1v) is 13.4. The SMILES string of the molecule is CCOC(=O)c1ccc(NC(=S)Nc2cnn(Cn3cc(NC(=S)Nc4ccc(C(=O)OCC)cc4)cn3)c2)cc1. The molecule has 212 valence electrons. The highest BCUT2D eigenvalue weighted by atomic mass is 32.1. The molecule has 2 aromatic carbocycles. The van der Waals surface area contributed by atoms with Crippen molar-refractivity contribution < 1.29 is 19.1 Å². The minimum absolute atomic E-state index is 0.321. The van der Waals surface area contributed by atoms with Crippen LogP contribution in [0.2, 0.25) is 0 Å². The standard InChI is InChI=1S/C27H28N8O4S2/c1-3-38-24(36)18-5-9-20(10-6-18)30-26(40)32-22-13-28-34(15-22)17-35-16-23(14-29-35)33-27(41)31-21-11-7-19(8-12-21)25(37)39-4-2/h5-16H,3-4,17H2,1-2H3,(H2,30,32,40)(H2,31,33,41). The lowest BCUT2D eigenvalue weighted by Gasteiger charge is -2.10. The van der Waals surface area contributed by atoms with Crippen LogP contribution in [-0.2, 0) is 16.1 Å². The lowest BCUT2D eigenvalue weighted by Crippen LogP contribution is -2.19. The molecule has 2 aromatic heterocycles. The summed E-state index contributed by atoms with van der Waals surface area (Å²) in [6, 6.07) is 13.7. The van der Waals surface area contributed by atoms with E-state index in [4.69, 9.17) is 33.9 Å². The monoisotopic (exact) mass is 592 g/mol. The van der Waals surface area contributed by atoms with E-state index in [1.54, 1.807) is 96.5 Å². The summed E-state index contributed by atoms with van der Waals surface area (Å²) in [6.07, 6.45) is 6.87. The molecule has 0 aliphatic carbocycles. The van der Waals surface area contributed by atoms with Crippen LogP contribution < -0.4 is 21.3 Å². The van der Waals surface area contributed by atoms with E-state index in [1.807, 2.05) is 0 Å².